The Kier molecular flexibility index (Phi) is 4.79. The Morgan fingerprint density at radius 2 is 2.00 bits per heavy atom. The van der Waals surface area contributed by atoms with Gasteiger partial charge in [-0.1, -0.05) is 24.3 Å². The van der Waals surface area contributed by atoms with Gasteiger partial charge in [-0.05, 0) is 50.7 Å². The molecule has 0 N–H and O–H groups in total. The van der Waals surface area contributed by atoms with Crippen molar-refractivity contribution in [2.75, 3.05) is 6.61 Å². The zero-order chi connectivity index (χ0) is 18.8. The number of rotatable bonds is 5. The van der Waals surface area contributed by atoms with Crippen molar-refractivity contribution in [2.45, 2.75) is 44.6 Å². The monoisotopic (exact) mass is 367 g/mol. The van der Waals surface area contributed by atoms with Crippen LogP contribution < -0.4 is 5.63 Å². The normalized spacial score (nSPS) is 16.7. The first-order valence-electron chi connectivity index (χ1n) is 9.34. The van der Waals surface area contributed by atoms with Crippen molar-refractivity contribution in [1.29, 1.82) is 0 Å². The SMILES string of the molecule is O=C(OCC(=O)N(C1=CCCCC1)C1CC1)c1cc2ccccc2oc1=O. The third-order valence-electron chi connectivity index (χ3n) is 4.95. The number of benzene rings is 1. The maximum Gasteiger partial charge on any atom is 0.351 e. The first-order valence-corrected chi connectivity index (χ1v) is 9.34. The number of hydrogen-bond acceptors (Lipinski definition) is 5. The number of amides is 1. The molecule has 1 fully saturated rings. The number of carbonyl (C=O) groups is 2. The molecule has 4 rings (SSSR count). The lowest BCUT2D eigenvalue weighted by atomic mass is 10.0. The van der Waals surface area contributed by atoms with Crippen LogP contribution in [0.15, 0.2) is 51.3 Å². The summed E-state index contributed by atoms with van der Waals surface area (Å²) < 4.78 is 10.3. The predicted molar refractivity (Wildman–Crippen MR) is 99.2 cm³/mol. The second-order valence-electron chi connectivity index (χ2n) is 7.00. The van der Waals surface area contributed by atoms with Crippen molar-refractivity contribution < 1.29 is 18.7 Å². The molecule has 2 aromatic rings. The maximum atomic E-state index is 12.7. The second kappa shape index (κ2) is 7.39. The molecule has 2 aliphatic rings. The summed E-state index contributed by atoms with van der Waals surface area (Å²) in [6, 6.07) is 8.58. The van der Waals surface area contributed by atoms with E-state index >= 15 is 0 Å². The number of ether oxygens (including phenoxy) is 1. The third-order valence-corrected chi connectivity index (χ3v) is 4.95. The highest BCUT2D eigenvalue weighted by Gasteiger charge is 2.35. The molecule has 1 aromatic carbocycles. The Balaban J connectivity index is 1.47. The molecular weight excluding hydrogens is 346 g/mol. The number of nitrogens with zero attached hydrogens (tertiary/aromatic N) is 1. The summed E-state index contributed by atoms with van der Waals surface area (Å²) in [4.78, 5) is 38.8. The molecule has 1 aromatic heterocycles. The Hall–Kier alpha value is -2.89. The highest BCUT2D eigenvalue weighted by atomic mass is 16.5. The summed E-state index contributed by atoms with van der Waals surface area (Å²) in [6.45, 7) is -0.376. The summed E-state index contributed by atoms with van der Waals surface area (Å²) in [5.41, 5.74) is 0.478. The summed E-state index contributed by atoms with van der Waals surface area (Å²) in [5.74, 6) is -1.07. The standard InChI is InChI=1S/C21H21NO5/c23-19(22(16-10-11-16)15-7-2-1-3-8-15)13-26-20(24)17-12-14-6-4-5-9-18(14)27-21(17)25/h4-7,9,12,16H,1-3,8,10-11,13H2. The van der Waals surface area contributed by atoms with Gasteiger partial charge in [-0.25, -0.2) is 9.59 Å². The molecule has 0 spiro atoms. The molecule has 2 aliphatic carbocycles. The molecule has 1 saturated carbocycles. The third kappa shape index (κ3) is 3.79. The van der Waals surface area contributed by atoms with Gasteiger partial charge >= 0.3 is 11.6 Å². The van der Waals surface area contributed by atoms with E-state index in [9.17, 15) is 14.4 Å². The van der Waals surface area contributed by atoms with Crippen LogP contribution in [0.25, 0.3) is 11.0 Å². The smallest absolute Gasteiger partial charge is 0.351 e. The zero-order valence-corrected chi connectivity index (χ0v) is 15.0. The van der Waals surface area contributed by atoms with Crippen LogP contribution in [0.3, 0.4) is 0 Å². The van der Waals surface area contributed by atoms with E-state index in [1.807, 2.05) is 0 Å². The topological polar surface area (TPSA) is 76.8 Å². The Morgan fingerprint density at radius 1 is 1.19 bits per heavy atom. The second-order valence-corrected chi connectivity index (χ2v) is 7.00. The van der Waals surface area contributed by atoms with Gasteiger partial charge in [0.05, 0.1) is 0 Å². The Labute approximate surface area is 156 Å². The van der Waals surface area contributed by atoms with Gasteiger partial charge < -0.3 is 14.1 Å². The first kappa shape index (κ1) is 17.5. The van der Waals surface area contributed by atoms with E-state index in [2.05, 4.69) is 6.08 Å². The maximum absolute atomic E-state index is 12.7. The van der Waals surface area contributed by atoms with Crippen LogP contribution in [0.2, 0.25) is 0 Å². The number of allylic oxidation sites excluding steroid dienone is 2. The van der Waals surface area contributed by atoms with E-state index in [0.717, 1.165) is 44.2 Å². The van der Waals surface area contributed by atoms with Gasteiger partial charge in [0.25, 0.3) is 5.91 Å². The average molecular weight is 367 g/mol. The number of para-hydroxylation sites is 1. The highest BCUT2D eigenvalue weighted by molar-refractivity contribution is 5.94. The van der Waals surface area contributed by atoms with Crippen molar-refractivity contribution >= 4 is 22.8 Å². The molecule has 1 heterocycles. The van der Waals surface area contributed by atoms with E-state index in [-0.39, 0.29) is 24.1 Å². The molecule has 0 aliphatic heterocycles. The van der Waals surface area contributed by atoms with Crippen LogP contribution in [0.1, 0.15) is 48.9 Å². The largest absolute Gasteiger partial charge is 0.452 e. The fourth-order valence-corrected chi connectivity index (χ4v) is 3.45. The van der Waals surface area contributed by atoms with Crippen LogP contribution >= 0.6 is 0 Å². The molecule has 0 saturated heterocycles. The van der Waals surface area contributed by atoms with E-state index in [4.69, 9.17) is 9.15 Å². The van der Waals surface area contributed by atoms with Crippen LogP contribution in [0, 0.1) is 0 Å². The number of carbonyl (C=O) groups excluding carboxylic acids is 2. The molecule has 140 valence electrons. The molecule has 0 bridgehead atoms. The van der Waals surface area contributed by atoms with Crippen LogP contribution in [0.5, 0.6) is 0 Å². The molecular formula is C21H21NO5. The van der Waals surface area contributed by atoms with Gasteiger partial charge in [0, 0.05) is 17.1 Å². The minimum atomic E-state index is -0.837. The summed E-state index contributed by atoms with van der Waals surface area (Å²) >= 11 is 0. The fourth-order valence-electron chi connectivity index (χ4n) is 3.45. The molecule has 0 radical (unpaired) electrons. The summed E-state index contributed by atoms with van der Waals surface area (Å²) in [6.07, 6.45) is 8.13. The lowest BCUT2D eigenvalue weighted by Gasteiger charge is -2.27. The minimum absolute atomic E-state index is 0.198. The van der Waals surface area contributed by atoms with Crippen LogP contribution in [-0.4, -0.2) is 29.4 Å². The molecule has 6 heteroatoms. The Morgan fingerprint density at radius 3 is 2.74 bits per heavy atom. The number of hydrogen-bond donors (Lipinski definition) is 0. The quantitative estimate of drug-likeness (QED) is 0.598. The van der Waals surface area contributed by atoms with Gasteiger partial charge in [-0.15, -0.1) is 0 Å². The van der Waals surface area contributed by atoms with E-state index in [0.29, 0.717) is 11.0 Å². The van der Waals surface area contributed by atoms with Crippen molar-refractivity contribution in [3.63, 3.8) is 0 Å². The van der Waals surface area contributed by atoms with Gasteiger partial charge in [0.15, 0.2) is 6.61 Å². The molecule has 27 heavy (non-hydrogen) atoms. The first-order chi connectivity index (χ1) is 13.1. The lowest BCUT2D eigenvalue weighted by molar-refractivity contribution is -0.133. The molecule has 0 atom stereocenters. The van der Waals surface area contributed by atoms with Crippen molar-refractivity contribution in [3.8, 4) is 0 Å². The lowest BCUT2D eigenvalue weighted by Crippen LogP contribution is -2.36. The van der Waals surface area contributed by atoms with Gasteiger partial charge in [-0.3, -0.25) is 4.79 Å². The summed E-state index contributed by atoms with van der Waals surface area (Å²) in [7, 11) is 0. The minimum Gasteiger partial charge on any atom is -0.452 e. The highest BCUT2D eigenvalue weighted by Crippen LogP contribution is 2.33. The van der Waals surface area contributed by atoms with Crippen LogP contribution in [0.4, 0.5) is 0 Å². The van der Waals surface area contributed by atoms with Crippen molar-refractivity contribution in [1.82, 2.24) is 4.90 Å². The number of esters is 1. The van der Waals surface area contributed by atoms with Gasteiger partial charge in [-0.2, -0.15) is 0 Å². The van der Waals surface area contributed by atoms with E-state index in [1.54, 1.807) is 29.2 Å². The van der Waals surface area contributed by atoms with Gasteiger partial charge in [0.1, 0.15) is 11.1 Å². The Bertz CT molecular complexity index is 970. The predicted octanol–water partition coefficient (Wildman–Crippen LogP) is 3.40. The van der Waals surface area contributed by atoms with Crippen LogP contribution in [-0.2, 0) is 9.53 Å². The average Bonchev–Trinajstić information content (AvgIpc) is 3.51. The van der Waals surface area contributed by atoms with E-state index in [1.165, 1.54) is 6.07 Å². The van der Waals surface area contributed by atoms with E-state index < -0.39 is 11.6 Å². The molecule has 1 amide bonds. The van der Waals surface area contributed by atoms with Gasteiger partial charge in [0.2, 0.25) is 0 Å². The molecule has 0 unspecified atom stereocenters. The molecule has 6 nitrogen and oxygen atoms in total. The van der Waals surface area contributed by atoms with Crippen molar-refractivity contribution in [3.05, 3.63) is 58.1 Å². The fraction of sp³-hybridized carbons (Fsp3) is 0.381. The summed E-state index contributed by atoms with van der Waals surface area (Å²) in [5, 5.41) is 0.627. The van der Waals surface area contributed by atoms with Crippen molar-refractivity contribution in [2.24, 2.45) is 0 Å². The zero-order valence-electron chi connectivity index (χ0n) is 15.0. The number of fused-ring (bicyclic) bond motifs is 1.